The molecule has 17 heteroatoms. The van der Waals surface area contributed by atoms with Crippen molar-refractivity contribution >= 4 is 60.7 Å². The first-order chi connectivity index (χ1) is 24.7. The van der Waals surface area contributed by atoms with Gasteiger partial charge in [-0.2, -0.15) is 15.2 Å². The Morgan fingerprint density at radius 1 is 1.10 bits per heavy atom. The van der Waals surface area contributed by atoms with E-state index in [4.69, 9.17) is 22.1 Å². The number of alkyl halides is 4. The van der Waals surface area contributed by atoms with E-state index in [1.165, 1.54) is 17.0 Å². The quantitative estimate of drug-likeness (QED) is 0.210. The Bertz CT molecular complexity index is 2250. The molecule has 0 bridgehead atoms. The average Bonchev–Trinajstić information content (AvgIpc) is 3.63. The zero-order valence-corrected chi connectivity index (χ0v) is 29.0. The molecule has 6 heterocycles. The summed E-state index contributed by atoms with van der Waals surface area (Å²) in [6.45, 7) is 0.532. The van der Waals surface area contributed by atoms with Crippen molar-refractivity contribution in [3.63, 3.8) is 0 Å². The van der Waals surface area contributed by atoms with Gasteiger partial charge >= 0.3 is 6.01 Å². The first-order valence-corrected chi connectivity index (χ1v) is 18.2. The maximum Gasteiger partial charge on any atom is 0.319 e. The summed E-state index contributed by atoms with van der Waals surface area (Å²) in [6.07, 6.45) is 2.82. The highest BCUT2D eigenvalue weighted by molar-refractivity contribution is 7.23. The Kier molecular flexibility index (Phi) is 7.28. The fraction of sp³-hybridized carbons (Fsp3) is 0.486. The fourth-order valence-electron chi connectivity index (χ4n) is 8.94. The van der Waals surface area contributed by atoms with Gasteiger partial charge in [0.15, 0.2) is 5.82 Å². The third-order valence-corrected chi connectivity index (χ3v) is 13.1. The molecule has 9 rings (SSSR count). The number of hydrogen-bond donors (Lipinski definition) is 1. The van der Waals surface area contributed by atoms with Crippen molar-refractivity contribution in [3.8, 4) is 23.2 Å². The largest absolute Gasteiger partial charge is 0.461 e. The van der Waals surface area contributed by atoms with E-state index in [2.05, 4.69) is 14.9 Å². The molecule has 1 amide bonds. The molecule has 52 heavy (non-hydrogen) atoms. The third-order valence-electron chi connectivity index (χ3n) is 11.8. The molecule has 2 atom stereocenters. The maximum atomic E-state index is 17.1. The van der Waals surface area contributed by atoms with Crippen molar-refractivity contribution in [2.24, 2.45) is 5.92 Å². The molecule has 2 aromatic heterocycles. The monoisotopic (exact) mass is 761 g/mol. The first kappa shape index (κ1) is 33.7. The summed E-state index contributed by atoms with van der Waals surface area (Å²) in [7, 11) is 0. The number of nitrogens with two attached hydrogens (primary N) is 1. The Balaban J connectivity index is 1.17. The van der Waals surface area contributed by atoms with Crippen molar-refractivity contribution in [1.29, 1.82) is 5.26 Å². The predicted molar refractivity (Wildman–Crippen MR) is 182 cm³/mol. The van der Waals surface area contributed by atoms with Gasteiger partial charge in [0, 0.05) is 35.8 Å². The lowest BCUT2D eigenvalue weighted by Crippen LogP contribution is -2.77. The summed E-state index contributed by atoms with van der Waals surface area (Å²) in [6, 6.07) is 5.55. The van der Waals surface area contributed by atoms with Gasteiger partial charge in [0.1, 0.15) is 46.3 Å². The molecule has 2 unspecified atom stereocenters. The van der Waals surface area contributed by atoms with Crippen molar-refractivity contribution in [1.82, 2.24) is 19.8 Å². The SMILES string of the molecule is N#Cc1c(N)sc2c(F)ccc(-c3c(Cl)cc4c(N5CCC6(C5)N(C(=O)C5CC5(F)F)CC6(F)F)nc(OCC56CCCN5CCC6)nc4c3F)c12. The lowest BCUT2D eigenvalue weighted by atomic mass is 9.79. The Labute approximate surface area is 301 Å². The number of halogens is 7. The molecule has 5 fully saturated rings. The highest BCUT2D eigenvalue weighted by Crippen LogP contribution is 2.57. The van der Waals surface area contributed by atoms with Gasteiger partial charge in [-0.3, -0.25) is 9.69 Å². The minimum absolute atomic E-state index is 0.0185. The van der Waals surface area contributed by atoms with Crippen LogP contribution in [0, 0.1) is 28.9 Å². The van der Waals surface area contributed by atoms with E-state index in [1.54, 1.807) is 0 Å². The van der Waals surface area contributed by atoms with Crippen LogP contribution in [0.3, 0.4) is 0 Å². The summed E-state index contributed by atoms with van der Waals surface area (Å²) >= 11 is 7.63. The summed E-state index contributed by atoms with van der Waals surface area (Å²) < 4.78 is 96.9. The van der Waals surface area contributed by atoms with Crippen LogP contribution in [0.2, 0.25) is 5.02 Å². The van der Waals surface area contributed by atoms with E-state index in [0.29, 0.717) is 0 Å². The van der Waals surface area contributed by atoms with Gasteiger partial charge in [0.25, 0.3) is 11.8 Å². The molecule has 4 aromatic rings. The van der Waals surface area contributed by atoms with E-state index < -0.39 is 60.4 Å². The molecular weight excluding hydrogens is 732 g/mol. The average molecular weight is 762 g/mol. The van der Waals surface area contributed by atoms with Crippen molar-refractivity contribution in [2.75, 3.05) is 50.0 Å². The number of ether oxygens (including phenoxy) is 1. The second-order valence-corrected chi connectivity index (χ2v) is 16.0. The number of thiophene rings is 1. The van der Waals surface area contributed by atoms with E-state index in [0.717, 1.165) is 61.1 Å². The molecule has 1 spiro atoms. The highest BCUT2D eigenvalue weighted by Gasteiger charge is 2.74. The van der Waals surface area contributed by atoms with Gasteiger partial charge < -0.3 is 20.3 Å². The van der Waals surface area contributed by atoms with Crippen LogP contribution in [0.25, 0.3) is 32.1 Å². The van der Waals surface area contributed by atoms with Gasteiger partial charge in [-0.1, -0.05) is 17.7 Å². The maximum absolute atomic E-state index is 17.1. The molecule has 272 valence electrons. The standard InChI is InChI=1S/C35H30ClF6N7O2S/c36-21-11-18-26(25(38)24(21)17-3-4-22(37)27-23(17)19(13-43)28(44)52-27)45-31(51-16-32-5-1-8-48(32)9-2-6-32)46-29(18)47-10-7-33(14-47)35(41,42)15-49(33)30(50)20-12-34(20,39)40/h3-4,11,20H,1-2,5-10,12,14-16,44H2. The molecular formula is C35H30ClF6N7O2S. The molecule has 9 nitrogen and oxygen atoms in total. The molecule has 2 aromatic carbocycles. The van der Waals surface area contributed by atoms with E-state index in [-0.39, 0.29) is 84.6 Å². The Morgan fingerprint density at radius 2 is 1.83 bits per heavy atom. The second-order valence-electron chi connectivity index (χ2n) is 14.6. The van der Waals surface area contributed by atoms with Crippen LogP contribution in [0.15, 0.2) is 18.2 Å². The molecule has 1 aliphatic carbocycles. The van der Waals surface area contributed by atoms with E-state index in [1.807, 2.05) is 6.07 Å². The van der Waals surface area contributed by atoms with Gasteiger partial charge in [-0.05, 0) is 62.9 Å². The third kappa shape index (κ3) is 4.67. The number of nitrogens with zero attached hydrogens (tertiary/aromatic N) is 6. The number of hydrogen-bond acceptors (Lipinski definition) is 9. The summed E-state index contributed by atoms with van der Waals surface area (Å²) in [5.41, 5.74) is 3.33. The molecule has 5 aliphatic rings. The number of nitriles is 1. The number of aromatic nitrogens is 2. The van der Waals surface area contributed by atoms with Gasteiger partial charge in [0.05, 0.1) is 27.4 Å². The number of carbonyl (C=O) groups is 1. The number of amides is 1. The number of nitrogen functional groups attached to an aromatic ring is 1. The lowest BCUT2D eigenvalue weighted by Gasteiger charge is -2.56. The molecule has 1 saturated carbocycles. The Morgan fingerprint density at radius 3 is 2.50 bits per heavy atom. The van der Waals surface area contributed by atoms with E-state index in [9.17, 15) is 23.2 Å². The first-order valence-electron chi connectivity index (χ1n) is 17.0. The van der Waals surface area contributed by atoms with Crippen LogP contribution in [0.5, 0.6) is 6.01 Å². The van der Waals surface area contributed by atoms with Crippen LogP contribution < -0.4 is 15.4 Å². The smallest absolute Gasteiger partial charge is 0.319 e. The Hall–Kier alpha value is -4.07. The van der Waals surface area contributed by atoms with Crippen LogP contribution >= 0.6 is 22.9 Å². The topological polar surface area (TPSA) is 112 Å². The zero-order valence-electron chi connectivity index (χ0n) is 27.4. The van der Waals surface area contributed by atoms with Crippen molar-refractivity contribution in [3.05, 3.63) is 40.4 Å². The van der Waals surface area contributed by atoms with Gasteiger partial charge in [-0.15, -0.1) is 11.3 Å². The molecule has 2 N–H and O–H groups in total. The van der Waals surface area contributed by atoms with Gasteiger partial charge in [0.2, 0.25) is 5.91 Å². The number of anilines is 2. The number of carbonyl (C=O) groups excluding carboxylic acids is 1. The highest BCUT2D eigenvalue weighted by atomic mass is 35.5. The molecule has 4 saturated heterocycles. The summed E-state index contributed by atoms with van der Waals surface area (Å²) in [5, 5.41) is 9.88. The minimum atomic E-state index is -3.37. The lowest BCUT2D eigenvalue weighted by molar-refractivity contribution is -0.235. The number of rotatable bonds is 6. The summed E-state index contributed by atoms with van der Waals surface area (Å²) in [5.74, 6) is -10.8. The van der Waals surface area contributed by atoms with Crippen LogP contribution in [0.1, 0.15) is 44.1 Å². The van der Waals surface area contributed by atoms with Crippen molar-refractivity contribution in [2.45, 2.75) is 61.4 Å². The number of benzene rings is 2. The van der Waals surface area contributed by atoms with Crippen LogP contribution in [-0.4, -0.2) is 87.9 Å². The number of likely N-dealkylation sites (tertiary alicyclic amines) is 1. The minimum Gasteiger partial charge on any atom is -0.461 e. The second kappa shape index (κ2) is 11.2. The van der Waals surface area contributed by atoms with Crippen molar-refractivity contribution < 1.29 is 35.9 Å². The molecule has 0 radical (unpaired) electrons. The normalized spacial score (nSPS) is 25.5. The number of fused-ring (bicyclic) bond motifs is 3. The van der Waals surface area contributed by atoms with E-state index >= 15 is 13.2 Å². The zero-order chi connectivity index (χ0) is 36.5. The summed E-state index contributed by atoms with van der Waals surface area (Å²) in [4.78, 5) is 26.8. The van der Waals surface area contributed by atoms with Gasteiger partial charge in [-0.25, -0.2) is 26.3 Å². The molecule has 4 aliphatic heterocycles. The fourth-order valence-corrected chi connectivity index (χ4v) is 10.2. The predicted octanol–water partition coefficient (Wildman–Crippen LogP) is 6.99. The van der Waals surface area contributed by atoms with Crippen LogP contribution in [-0.2, 0) is 4.79 Å². The van der Waals surface area contributed by atoms with Crippen LogP contribution in [0.4, 0.5) is 37.2 Å².